The Labute approximate surface area is 99.2 Å². The highest BCUT2D eigenvalue weighted by atomic mass is 79.9. The van der Waals surface area contributed by atoms with Crippen LogP contribution in [0.2, 0.25) is 5.02 Å². The normalized spacial score (nSPS) is 10.7. The third-order valence-corrected chi connectivity index (χ3v) is 3.25. The maximum Gasteiger partial charge on any atom is 0.0642 e. The summed E-state index contributed by atoms with van der Waals surface area (Å²) in [6, 6.07) is 6.46. The predicted molar refractivity (Wildman–Crippen MR) is 67.6 cm³/mol. The lowest BCUT2D eigenvalue weighted by atomic mass is 10.1. The van der Waals surface area contributed by atoms with Crippen molar-refractivity contribution >= 4 is 33.2 Å². The van der Waals surface area contributed by atoms with Crippen LogP contribution in [0.4, 0.5) is 5.69 Å². The van der Waals surface area contributed by atoms with Gasteiger partial charge in [-0.15, -0.1) is 0 Å². The highest BCUT2D eigenvalue weighted by molar-refractivity contribution is 9.08. The number of rotatable bonds is 3. The predicted octanol–water partition coefficient (Wildman–Crippen LogP) is 4.08. The van der Waals surface area contributed by atoms with Gasteiger partial charge < -0.3 is 4.90 Å². The Morgan fingerprint density at radius 2 is 2.07 bits per heavy atom. The van der Waals surface area contributed by atoms with Crippen LogP contribution in [0.15, 0.2) is 18.2 Å². The van der Waals surface area contributed by atoms with Crippen LogP contribution < -0.4 is 4.90 Å². The molecule has 0 aliphatic carbocycles. The molecule has 1 nitrogen and oxygen atoms in total. The number of hydrogen-bond donors (Lipinski definition) is 0. The van der Waals surface area contributed by atoms with Crippen molar-refractivity contribution in [2.24, 2.45) is 0 Å². The first kappa shape index (κ1) is 11.9. The summed E-state index contributed by atoms with van der Waals surface area (Å²) in [4.78, 5) is 2.19. The summed E-state index contributed by atoms with van der Waals surface area (Å²) in [6.45, 7) is 4.31. The molecule has 3 heteroatoms. The summed E-state index contributed by atoms with van der Waals surface area (Å²) in [7, 11) is 2.07. The number of nitrogens with zero attached hydrogens (tertiary/aromatic N) is 1. The molecule has 78 valence electrons. The molecular weight excluding hydrogens is 261 g/mol. The average Bonchev–Trinajstić information content (AvgIpc) is 2.16. The molecule has 0 aliphatic heterocycles. The van der Waals surface area contributed by atoms with E-state index in [1.54, 1.807) is 0 Å². The molecule has 0 spiro atoms. The van der Waals surface area contributed by atoms with E-state index < -0.39 is 0 Å². The zero-order chi connectivity index (χ0) is 10.7. The molecular formula is C11H15BrClN. The lowest BCUT2D eigenvalue weighted by Crippen LogP contribution is -2.26. The van der Waals surface area contributed by atoms with Crippen LogP contribution in [-0.2, 0) is 5.33 Å². The Morgan fingerprint density at radius 3 is 2.57 bits per heavy atom. The molecule has 0 radical (unpaired) electrons. The van der Waals surface area contributed by atoms with Gasteiger partial charge in [-0.25, -0.2) is 0 Å². The molecule has 1 rings (SSSR count). The molecule has 0 N–H and O–H groups in total. The third kappa shape index (κ3) is 2.43. The second kappa shape index (κ2) is 5.04. The maximum absolute atomic E-state index is 6.18. The molecule has 1 aromatic carbocycles. The van der Waals surface area contributed by atoms with E-state index in [-0.39, 0.29) is 0 Å². The number of para-hydroxylation sites is 1. The van der Waals surface area contributed by atoms with Gasteiger partial charge in [-0.3, -0.25) is 0 Å². The molecule has 0 aromatic heterocycles. The van der Waals surface area contributed by atoms with Crippen molar-refractivity contribution in [3.05, 3.63) is 28.8 Å². The fourth-order valence-corrected chi connectivity index (χ4v) is 2.10. The Bertz CT molecular complexity index is 312. The fraction of sp³-hybridized carbons (Fsp3) is 0.455. The van der Waals surface area contributed by atoms with Crippen molar-refractivity contribution in [2.75, 3.05) is 11.9 Å². The summed E-state index contributed by atoms with van der Waals surface area (Å²) < 4.78 is 0. The van der Waals surface area contributed by atoms with Crippen LogP contribution in [0.1, 0.15) is 19.4 Å². The monoisotopic (exact) mass is 275 g/mol. The van der Waals surface area contributed by atoms with Crippen molar-refractivity contribution in [3.63, 3.8) is 0 Å². The molecule has 0 atom stereocenters. The zero-order valence-corrected chi connectivity index (χ0v) is 11.1. The van der Waals surface area contributed by atoms with Crippen molar-refractivity contribution in [2.45, 2.75) is 25.2 Å². The minimum absolute atomic E-state index is 0.452. The Balaban J connectivity index is 3.16. The molecule has 0 bridgehead atoms. The minimum Gasteiger partial charge on any atom is -0.371 e. The van der Waals surface area contributed by atoms with Crippen LogP contribution in [0.3, 0.4) is 0 Å². The SMILES string of the molecule is CC(C)N(C)c1c(Cl)cccc1CBr. The van der Waals surface area contributed by atoms with Crippen LogP contribution in [0.5, 0.6) is 0 Å². The highest BCUT2D eigenvalue weighted by Crippen LogP contribution is 2.31. The molecule has 0 fully saturated rings. The maximum atomic E-state index is 6.18. The van der Waals surface area contributed by atoms with E-state index in [2.05, 4.69) is 47.8 Å². The van der Waals surface area contributed by atoms with Gasteiger partial charge in [-0.2, -0.15) is 0 Å². The molecule has 0 amide bonds. The van der Waals surface area contributed by atoms with E-state index >= 15 is 0 Å². The first-order valence-electron chi connectivity index (χ1n) is 4.64. The lowest BCUT2D eigenvalue weighted by molar-refractivity contribution is 0.752. The van der Waals surface area contributed by atoms with Gasteiger partial charge in [0.25, 0.3) is 0 Å². The van der Waals surface area contributed by atoms with Gasteiger partial charge in [0.15, 0.2) is 0 Å². The smallest absolute Gasteiger partial charge is 0.0642 e. The Hall–Kier alpha value is -0.210. The van der Waals surface area contributed by atoms with Gasteiger partial charge >= 0.3 is 0 Å². The molecule has 0 heterocycles. The highest BCUT2D eigenvalue weighted by Gasteiger charge is 2.12. The zero-order valence-electron chi connectivity index (χ0n) is 8.72. The van der Waals surface area contributed by atoms with Crippen molar-refractivity contribution in [3.8, 4) is 0 Å². The molecule has 0 saturated carbocycles. The second-order valence-electron chi connectivity index (χ2n) is 3.59. The summed E-state index contributed by atoms with van der Waals surface area (Å²) in [5, 5.41) is 1.65. The topological polar surface area (TPSA) is 3.24 Å². The van der Waals surface area contributed by atoms with Crippen LogP contribution in [0, 0.1) is 0 Å². The van der Waals surface area contributed by atoms with Crippen molar-refractivity contribution in [1.82, 2.24) is 0 Å². The molecule has 0 unspecified atom stereocenters. The second-order valence-corrected chi connectivity index (χ2v) is 4.55. The van der Waals surface area contributed by atoms with Crippen molar-refractivity contribution < 1.29 is 0 Å². The van der Waals surface area contributed by atoms with Gasteiger partial charge in [0.05, 0.1) is 10.7 Å². The van der Waals surface area contributed by atoms with Crippen LogP contribution in [0.25, 0.3) is 0 Å². The summed E-state index contributed by atoms with van der Waals surface area (Å²) in [6.07, 6.45) is 0. The summed E-state index contributed by atoms with van der Waals surface area (Å²) in [5.41, 5.74) is 2.36. The van der Waals surface area contributed by atoms with Crippen molar-refractivity contribution in [1.29, 1.82) is 0 Å². The molecule has 0 saturated heterocycles. The van der Waals surface area contributed by atoms with E-state index in [0.29, 0.717) is 6.04 Å². The average molecular weight is 277 g/mol. The third-order valence-electron chi connectivity index (χ3n) is 2.34. The van der Waals surface area contributed by atoms with Gasteiger partial charge in [0.1, 0.15) is 0 Å². The first-order chi connectivity index (χ1) is 6.57. The standard InChI is InChI=1S/C11H15BrClN/c1-8(2)14(3)11-9(7-12)5-4-6-10(11)13/h4-6,8H,7H2,1-3H3. The minimum atomic E-state index is 0.452. The van der Waals surface area contributed by atoms with Gasteiger partial charge in [0, 0.05) is 18.4 Å². The number of benzene rings is 1. The van der Waals surface area contributed by atoms with E-state index in [1.807, 2.05) is 12.1 Å². The van der Waals surface area contributed by atoms with Crippen LogP contribution in [-0.4, -0.2) is 13.1 Å². The van der Waals surface area contributed by atoms with E-state index in [1.165, 1.54) is 5.56 Å². The van der Waals surface area contributed by atoms with Gasteiger partial charge in [-0.1, -0.05) is 39.7 Å². The first-order valence-corrected chi connectivity index (χ1v) is 6.14. The fourth-order valence-electron chi connectivity index (χ4n) is 1.32. The summed E-state index contributed by atoms with van der Waals surface area (Å²) in [5.74, 6) is 0. The number of alkyl halides is 1. The molecule has 0 aliphatic rings. The van der Waals surface area contributed by atoms with Gasteiger partial charge in [0.2, 0.25) is 0 Å². The summed E-state index contributed by atoms with van der Waals surface area (Å²) >= 11 is 9.66. The quantitative estimate of drug-likeness (QED) is 0.752. The number of halogens is 2. The number of anilines is 1. The van der Waals surface area contributed by atoms with E-state index in [9.17, 15) is 0 Å². The Morgan fingerprint density at radius 1 is 1.43 bits per heavy atom. The van der Waals surface area contributed by atoms with Gasteiger partial charge in [-0.05, 0) is 25.5 Å². The van der Waals surface area contributed by atoms with E-state index in [0.717, 1.165) is 16.0 Å². The molecule has 1 aromatic rings. The Kier molecular flexibility index (Phi) is 4.27. The molecule has 14 heavy (non-hydrogen) atoms. The largest absolute Gasteiger partial charge is 0.371 e. The van der Waals surface area contributed by atoms with E-state index in [4.69, 9.17) is 11.6 Å². The number of hydrogen-bond acceptors (Lipinski definition) is 1. The van der Waals surface area contributed by atoms with Crippen LogP contribution >= 0.6 is 27.5 Å². The lowest BCUT2D eigenvalue weighted by Gasteiger charge is -2.27.